The molecular weight excluding hydrogens is 432 g/mol. The van der Waals surface area contributed by atoms with Crippen LogP contribution in [0, 0.1) is 5.92 Å². The summed E-state index contributed by atoms with van der Waals surface area (Å²) in [6.45, 7) is -0.0871. The molecule has 2 bridgehead atoms. The van der Waals surface area contributed by atoms with Crippen molar-refractivity contribution < 1.29 is 14.4 Å². The van der Waals surface area contributed by atoms with Crippen LogP contribution in [0.2, 0.25) is 5.15 Å². The number of nitrogens with zero attached hydrogens (tertiary/aromatic N) is 4. The quantitative estimate of drug-likeness (QED) is 0.574. The fourth-order valence-electron chi connectivity index (χ4n) is 5.00. The maximum Gasteiger partial charge on any atom is 0.269 e. The largest absolute Gasteiger partial charge is 0.364 e. The normalized spacial score (nSPS) is 21.8. The molecule has 1 aliphatic carbocycles. The van der Waals surface area contributed by atoms with E-state index in [4.69, 9.17) is 17.3 Å². The molecule has 2 aromatic heterocycles. The highest BCUT2D eigenvalue weighted by Crippen LogP contribution is 2.43. The van der Waals surface area contributed by atoms with E-state index in [0.29, 0.717) is 16.7 Å². The lowest BCUT2D eigenvalue weighted by atomic mass is 9.97. The number of para-hydroxylation sites is 1. The average molecular weight is 453 g/mol. The molecule has 1 saturated heterocycles. The molecule has 3 heterocycles. The van der Waals surface area contributed by atoms with Crippen molar-refractivity contribution in [1.82, 2.24) is 19.7 Å². The van der Waals surface area contributed by atoms with Crippen molar-refractivity contribution in [3.8, 4) is 0 Å². The van der Waals surface area contributed by atoms with Gasteiger partial charge in [-0.15, -0.1) is 0 Å². The van der Waals surface area contributed by atoms with Crippen LogP contribution in [0.4, 0.5) is 5.82 Å². The first-order valence-electron chi connectivity index (χ1n) is 10.4. The Labute approximate surface area is 188 Å². The highest BCUT2D eigenvalue weighted by molar-refractivity contribution is 6.29. The number of amides is 3. The van der Waals surface area contributed by atoms with Crippen LogP contribution in [0.3, 0.4) is 0 Å². The number of carbonyl (C=O) groups excluding carboxylic acids is 3. The molecule has 3 atom stereocenters. The molecule has 1 saturated carbocycles. The minimum atomic E-state index is -0.654. The van der Waals surface area contributed by atoms with Crippen molar-refractivity contribution in [2.45, 2.75) is 37.9 Å². The number of piperidine rings is 1. The molecule has 10 heteroatoms. The number of benzene rings is 1. The van der Waals surface area contributed by atoms with E-state index >= 15 is 0 Å². The Balaban J connectivity index is 1.41. The molecule has 2 fully saturated rings. The number of halogens is 1. The summed E-state index contributed by atoms with van der Waals surface area (Å²) in [6, 6.07) is 11.5. The zero-order chi connectivity index (χ0) is 22.4. The van der Waals surface area contributed by atoms with Crippen LogP contribution >= 0.6 is 11.6 Å². The van der Waals surface area contributed by atoms with E-state index in [1.807, 2.05) is 6.07 Å². The molecule has 1 aliphatic heterocycles. The van der Waals surface area contributed by atoms with Crippen LogP contribution in [0.5, 0.6) is 0 Å². The summed E-state index contributed by atoms with van der Waals surface area (Å²) >= 11 is 5.92. The van der Waals surface area contributed by atoms with Crippen molar-refractivity contribution in [3.05, 3.63) is 53.3 Å². The molecule has 32 heavy (non-hydrogen) atoms. The Kier molecular flexibility index (Phi) is 5.05. The number of fused-ring (bicyclic) bond motifs is 3. The van der Waals surface area contributed by atoms with E-state index in [1.165, 1.54) is 4.68 Å². The Morgan fingerprint density at radius 1 is 1.12 bits per heavy atom. The minimum Gasteiger partial charge on any atom is -0.364 e. The number of rotatable bonds is 5. The second-order valence-electron chi connectivity index (χ2n) is 8.20. The number of hydrogen-bond donors (Lipinski definition) is 2. The van der Waals surface area contributed by atoms with E-state index in [1.54, 1.807) is 41.3 Å². The maximum atomic E-state index is 13.4. The molecule has 0 unspecified atom stereocenters. The van der Waals surface area contributed by atoms with Crippen molar-refractivity contribution in [2.75, 3.05) is 5.32 Å². The third-order valence-electron chi connectivity index (χ3n) is 6.28. The van der Waals surface area contributed by atoms with Crippen LogP contribution in [-0.2, 0) is 16.1 Å². The van der Waals surface area contributed by atoms with Gasteiger partial charge in [0.15, 0.2) is 5.69 Å². The summed E-state index contributed by atoms with van der Waals surface area (Å²) in [5.41, 5.74) is 6.23. The van der Waals surface area contributed by atoms with Crippen LogP contribution in [0.1, 0.15) is 29.8 Å². The Bertz CT molecular complexity index is 1240. The number of likely N-dealkylation sites (tertiary alicyclic amines) is 1. The number of hydrogen-bond acceptors (Lipinski definition) is 5. The van der Waals surface area contributed by atoms with Crippen LogP contribution in [0.25, 0.3) is 10.9 Å². The van der Waals surface area contributed by atoms with Gasteiger partial charge in [0.1, 0.15) is 23.6 Å². The average Bonchev–Trinajstić information content (AvgIpc) is 3.47. The van der Waals surface area contributed by atoms with E-state index in [9.17, 15) is 14.4 Å². The summed E-state index contributed by atoms with van der Waals surface area (Å²) in [5, 5.41) is 7.95. The SMILES string of the molecule is NC(=O)c1nn(CC(=O)N2[C@@H]3CC[C@@H](C3)[C@H]2C(=O)Nc2cccc(Cl)n2)c2ccccc12. The minimum absolute atomic E-state index is 0.00741. The van der Waals surface area contributed by atoms with Crippen LogP contribution in [0.15, 0.2) is 42.5 Å². The van der Waals surface area contributed by atoms with Gasteiger partial charge in [0, 0.05) is 11.4 Å². The van der Waals surface area contributed by atoms with Gasteiger partial charge in [0.2, 0.25) is 11.8 Å². The predicted octanol–water partition coefficient (Wildman–Crippen LogP) is 2.20. The van der Waals surface area contributed by atoms with Gasteiger partial charge in [0.05, 0.1) is 5.52 Å². The molecule has 3 amide bonds. The number of primary amides is 1. The molecule has 164 valence electrons. The number of anilines is 1. The standard InChI is InChI=1S/C22H21ClN6O3/c23-16-6-3-7-17(25-16)26-22(32)20-12-8-9-13(10-12)29(20)18(30)11-28-15-5-2-1-4-14(15)19(27-28)21(24)31/h1-7,12-13,20H,8-11H2,(H2,24,31)(H,25,26,32)/t12-,13+,20-/m0/s1. The van der Waals surface area contributed by atoms with Gasteiger partial charge < -0.3 is 16.0 Å². The zero-order valence-corrected chi connectivity index (χ0v) is 17.8. The topological polar surface area (TPSA) is 123 Å². The lowest BCUT2D eigenvalue weighted by Crippen LogP contribution is -2.52. The molecule has 3 aromatic rings. The lowest BCUT2D eigenvalue weighted by molar-refractivity contribution is -0.141. The fraction of sp³-hybridized carbons (Fsp3) is 0.318. The number of nitrogens with one attached hydrogen (secondary N) is 1. The molecule has 3 N–H and O–H groups in total. The van der Waals surface area contributed by atoms with Gasteiger partial charge in [-0.05, 0) is 43.4 Å². The summed E-state index contributed by atoms with van der Waals surface area (Å²) < 4.78 is 1.48. The first-order chi connectivity index (χ1) is 15.4. The molecular formula is C22H21ClN6O3. The Hall–Kier alpha value is -3.46. The zero-order valence-electron chi connectivity index (χ0n) is 17.1. The molecule has 9 nitrogen and oxygen atoms in total. The molecule has 1 aromatic carbocycles. The third kappa shape index (κ3) is 3.48. The highest BCUT2D eigenvalue weighted by atomic mass is 35.5. The Morgan fingerprint density at radius 3 is 2.72 bits per heavy atom. The number of carbonyl (C=O) groups is 3. The maximum absolute atomic E-state index is 13.4. The van der Waals surface area contributed by atoms with Gasteiger partial charge in [-0.2, -0.15) is 5.10 Å². The molecule has 5 rings (SSSR count). The van der Waals surface area contributed by atoms with Crippen molar-refractivity contribution >= 4 is 46.0 Å². The third-order valence-corrected chi connectivity index (χ3v) is 6.49. The number of pyridine rings is 1. The molecule has 2 aliphatic rings. The van der Waals surface area contributed by atoms with Crippen molar-refractivity contribution in [3.63, 3.8) is 0 Å². The summed E-state index contributed by atoms with van der Waals surface area (Å²) in [7, 11) is 0. The van der Waals surface area contributed by atoms with Crippen molar-refractivity contribution in [2.24, 2.45) is 11.7 Å². The molecule has 0 radical (unpaired) electrons. The van der Waals surface area contributed by atoms with Gasteiger partial charge in [-0.3, -0.25) is 19.1 Å². The van der Waals surface area contributed by atoms with Gasteiger partial charge in [0.25, 0.3) is 5.91 Å². The second kappa shape index (κ2) is 7.90. The van der Waals surface area contributed by atoms with Crippen LogP contribution in [-0.4, -0.2) is 49.5 Å². The van der Waals surface area contributed by atoms with Crippen LogP contribution < -0.4 is 11.1 Å². The van der Waals surface area contributed by atoms with E-state index in [2.05, 4.69) is 15.4 Å². The first-order valence-corrected chi connectivity index (χ1v) is 10.8. The van der Waals surface area contributed by atoms with Gasteiger partial charge >= 0.3 is 0 Å². The Morgan fingerprint density at radius 2 is 1.94 bits per heavy atom. The van der Waals surface area contributed by atoms with E-state index in [0.717, 1.165) is 19.3 Å². The monoisotopic (exact) mass is 452 g/mol. The fourth-order valence-corrected chi connectivity index (χ4v) is 5.17. The molecule has 0 spiro atoms. The summed E-state index contributed by atoms with van der Waals surface area (Å²) in [6.07, 6.45) is 2.55. The second-order valence-corrected chi connectivity index (χ2v) is 8.58. The van der Waals surface area contributed by atoms with E-state index < -0.39 is 11.9 Å². The van der Waals surface area contributed by atoms with Gasteiger partial charge in [-0.25, -0.2) is 4.98 Å². The number of aromatic nitrogens is 3. The van der Waals surface area contributed by atoms with E-state index in [-0.39, 0.29) is 41.2 Å². The summed E-state index contributed by atoms with van der Waals surface area (Å²) in [4.78, 5) is 44.1. The lowest BCUT2D eigenvalue weighted by Gasteiger charge is -2.34. The van der Waals surface area contributed by atoms with Crippen molar-refractivity contribution in [1.29, 1.82) is 0 Å². The highest BCUT2D eigenvalue weighted by Gasteiger charge is 2.51. The first kappa shape index (κ1) is 20.4. The number of nitrogens with two attached hydrogens (primary N) is 1. The predicted molar refractivity (Wildman–Crippen MR) is 118 cm³/mol. The van der Waals surface area contributed by atoms with Gasteiger partial charge in [-0.1, -0.05) is 35.9 Å². The smallest absolute Gasteiger partial charge is 0.269 e. The summed E-state index contributed by atoms with van der Waals surface area (Å²) in [5.74, 6) is -0.705.